The second kappa shape index (κ2) is 11.8. The van der Waals surface area contributed by atoms with Crippen LogP contribution < -0.4 is 4.90 Å². The van der Waals surface area contributed by atoms with Gasteiger partial charge in [0.15, 0.2) is 0 Å². The normalized spacial score (nSPS) is 14.3. The third-order valence-electron chi connectivity index (χ3n) is 7.03. The van der Waals surface area contributed by atoms with Crippen molar-refractivity contribution < 1.29 is 17.6 Å². The van der Waals surface area contributed by atoms with Crippen LogP contribution >= 0.6 is 0 Å². The van der Waals surface area contributed by atoms with E-state index in [9.17, 15) is 22.9 Å². The molecule has 1 aliphatic carbocycles. The number of likely N-dealkylation sites (N-methyl/N-ethyl adjacent to an activating group) is 1. The van der Waals surface area contributed by atoms with Gasteiger partial charge in [-0.3, -0.25) is 9.78 Å². The molecule has 0 unspecified atom stereocenters. The smallest absolute Gasteiger partial charge is 0.243 e. The zero-order valence-electron chi connectivity index (χ0n) is 21.6. The van der Waals surface area contributed by atoms with Gasteiger partial charge in [0, 0.05) is 18.9 Å². The predicted octanol–water partition coefficient (Wildman–Crippen LogP) is 5.30. The Morgan fingerprint density at radius 1 is 1.11 bits per heavy atom. The zero-order chi connectivity index (χ0) is 27.3. The molecule has 7 nitrogen and oxygen atoms in total. The molecule has 1 aliphatic rings. The van der Waals surface area contributed by atoms with Gasteiger partial charge in [0.1, 0.15) is 11.9 Å². The van der Waals surface area contributed by atoms with Crippen LogP contribution in [0, 0.1) is 24.1 Å². The van der Waals surface area contributed by atoms with Crippen LogP contribution in [-0.2, 0) is 21.4 Å². The Labute approximate surface area is 223 Å². The maximum absolute atomic E-state index is 14.1. The first-order valence-corrected chi connectivity index (χ1v) is 14.1. The minimum Gasteiger partial charge on any atom is -0.305 e. The van der Waals surface area contributed by atoms with Gasteiger partial charge in [-0.05, 0) is 67.1 Å². The van der Waals surface area contributed by atoms with Gasteiger partial charge in [0.25, 0.3) is 0 Å². The number of carbonyl (C=O) groups is 1. The van der Waals surface area contributed by atoms with Crippen LogP contribution in [0.5, 0.6) is 0 Å². The molecule has 0 radical (unpaired) electrons. The van der Waals surface area contributed by atoms with Gasteiger partial charge in [-0.1, -0.05) is 43.5 Å². The summed E-state index contributed by atoms with van der Waals surface area (Å²) in [5, 5.41) is 9.18. The van der Waals surface area contributed by atoms with Crippen LogP contribution in [0.15, 0.2) is 65.7 Å². The topological polar surface area (TPSA) is 94.4 Å². The summed E-state index contributed by atoms with van der Waals surface area (Å²) >= 11 is 0. The minimum absolute atomic E-state index is 0.0380. The molecule has 38 heavy (non-hydrogen) atoms. The van der Waals surface area contributed by atoms with Crippen molar-refractivity contribution in [3.05, 3.63) is 89.0 Å². The number of pyridine rings is 1. The summed E-state index contributed by atoms with van der Waals surface area (Å²) in [4.78, 5) is 19.4. The number of amides is 1. The number of aryl methyl sites for hydroxylation is 1. The molecule has 1 amide bonds. The standard InChI is InChI=1S/C29H31FN4O3S/c1-21-15-27(16-24(17-31)29(21)30)38(36,37)33(2)20-28(35)34(26-11-7-4-8-12-26)19-25-14-13-23(18-32-25)22-9-5-3-6-10-22/h4,7-8,11-16,18,22H,3,5-6,9-10,19-20H2,1-2H3. The molecule has 0 atom stereocenters. The molecule has 0 spiro atoms. The second-order valence-corrected chi connectivity index (χ2v) is 11.8. The van der Waals surface area contributed by atoms with Gasteiger partial charge in [0.2, 0.25) is 15.9 Å². The Hall–Kier alpha value is -3.61. The SMILES string of the molecule is Cc1cc(S(=O)(=O)N(C)CC(=O)N(Cc2ccc(C3CCCCC3)cn2)c2ccccc2)cc(C#N)c1F. The Morgan fingerprint density at radius 2 is 1.82 bits per heavy atom. The number of anilines is 1. The second-order valence-electron chi connectivity index (χ2n) is 9.71. The van der Waals surface area contributed by atoms with E-state index in [2.05, 4.69) is 11.1 Å². The number of rotatable bonds is 8. The summed E-state index contributed by atoms with van der Waals surface area (Å²) in [6.07, 6.45) is 7.96. The first kappa shape index (κ1) is 27.4. The van der Waals surface area contributed by atoms with Gasteiger partial charge < -0.3 is 4.90 Å². The van der Waals surface area contributed by atoms with Crippen LogP contribution in [0.1, 0.15) is 60.4 Å². The van der Waals surface area contributed by atoms with Crippen LogP contribution in [0.25, 0.3) is 0 Å². The number of nitriles is 1. The molecule has 198 valence electrons. The first-order chi connectivity index (χ1) is 18.2. The molecule has 1 heterocycles. The van der Waals surface area contributed by atoms with Crippen molar-refractivity contribution >= 4 is 21.6 Å². The number of hydrogen-bond donors (Lipinski definition) is 0. The first-order valence-electron chi connectivity index (χ1n) is 12.7. The van der Waals surface area contributed by atoms with Crippen molar-refractivity contribution in [2.24, 2.45) is 0 Å². The highest BCUT2D eigenvalue weighted by Crippen LogP contribution is 2.32. The number of sulfonamides is 1. The highest BCUT2D eigenvalue weighted by Gasteiger charge is 2.28. The third-order valence-corrected chi connectivity index (χ3v) is 8.81. The van der Waals surface area contributed by atoms with Crippen molar-refractivity contribution in [1.29, 1.82) is 5.26 Å². The summed E-state index contributed by atoms with van der Waals surface area (Å²) in [5.41, 5.74) is 2.20. The van der Waals surface area contributed by atoms with Gasteiger partial charge in [-0.15, -0.1) is 0 Å². The fraction of sp³-hybridized carbons (Fsp3) is 0.345. The maximum atomic E-state index is 14.1. The lowest BCUT2D eigenvalue weighted by molar-refractivity contribution is -0.118. The Balaban J connectivity index is 1.55. The summed E-state index contributed by atoms with van der Waals surface area (Å²) in [6.45, 7) is 1.12. The van der Waals surface area contributed by atoms with Crippen molar-refractivity contribution in [2.75, 3.05) is 18.5 Å². The Morgan fingerprint density at radius 3 is 2.45 bits per heavy atom. The number of para-hydroxylation sites is 1. The number of benzene rings is 2. The van der Waals surface area contributed by atoms with E-state index in [-0.39, 0.29) is 22.6 Å². The molecule has 4 rings (SSSR count). The number of hydrogen-bond acceptors (Lipinski definition) is 5. The number of nitrogens with zero attached hydrogens (tertiary/aromatic N) is 4. The van der Waals surface area contributed by atoms with E-state index >= 15 is 0 Å². The average Bonchev–Trinajstić information content (AvgIpc) is 2.94. The molecule has 2 aromatic carbocycles. The van der Waals surface area contributed by atoms with Crippen molar-refractivity contribution in [1.82, 2.24) is 9.29 Å². The molecule has 0 saturated heterocycles. The maximum Gasteiger partial charge on any atom is 0.243 e. The molecule has 0 N–H and O–H groups in total. The van der Waals surface area contributed by atoms with Crippen LogP contribution in [0.3, 0.4) is 0 Å². The molecular weight excluding hydrogens is 503 g/mol. The van der Waals surface area contributed by atoms with Crippen molar-refractivity contribution in [2.45, 2.75) is 56.4 Å². The molecule has 1 saturated carbocycles. The molecule has 1 fully saturated rings. The van der Waals surface area contributed by atoms with Gasteiger partial charge in [-0.25, -0.2) is 12.8 Å². The monoisotopic (exact) mass is 534 g/mol. The van der Waals surface area contributed by atoms with Gasteiger partial charge in [0.05, 0.1) is 29.2 Å². The van der Waals surface area contributed by atoms with E-state index in [0.717, 1.165) is 10.4 Å². The van der Waals surface area contributed by atoms with E-state index in [1.54, 1.807) is 30.3 Å². The number of aromatic nitrogens is 1. The van der Waals surface area contributed by atoms with E-state index in [1.165, 1.54) is 62.6 Å². The molecular formula is C29H31FN4O3S. The van der Waals surface area contributed by atoms with E-state index < -0.39 is 28.3 Å². The fourth-order valence-electron chi connectivity index (χ4n) is 4.81. The third kappa shape index (κ3) is 6.09. The zero-order valence-corrected chi connectivity index (χ0v) is 22.4. The van der Waals surface area contributed by atoms with Crippen LogP contribution in [0.4, 0.5) is 10.1 Å². The molecule has 0 aliphatic heterocycles. The lowest BCUT2D eigenvalue weighted by atomic mass is 9.85. The summed E-state index contributed by atoms with van der Waals surface area (Å²) in [6, 6.07) is 16.9. The van der Waals surface area contributed by atoms with Crippen LogP contribution in [0.2, 0.25) is 0 Å². The van der Waals surface area contributed by atoms with E-state index in [4.69, 9.17) is 0 Å². The number of carbonyl (C=O) groups excluding carboxylic acids is 1. The predicted molar refractivity (Wildman–Crippen MR) is 143 cm³/mol. The summed E-state index contributed by atoms with van der Waals surface area (Å²) in [5.74, 6) is -0.685. The van der Waals surface area contributed by atoms with E-state index in [1.807, 2.05) is 18.3 Å². The largest absolute Gasteiger partial charge is 0.305 e. The lowest BCUT2D eigenvalue weighted by Crippen LogP contribution is -2.41. The quantitative estimate of drug-likeness (QED) is 0.391. The molecule has 9 heteroatoms. The fourth-order valence-corrected chi connectivity index (χ4v) is 6.04. The van der Waals surface area contributed by atoms with Gasteiger partial charge >= 0.3 is 0 Å². The summed E-state index contributed by atoms with van der Waals surface area (Å²) < 4.78 is 41.5. The molecule has 0 bridgehead atoms. The van der Waals surface area contributed by atoms with Crippen molar-refractivity contribution in [3.63, 3.8) is 0 Å². The summed E-state index contributed by atoms with van der Waals surface area (Å²) in [7, 11) is -2.87. The molecule has 1 aromatic heterocycles. The van der Waals surface area contributed by atoms with E-state index in [0.29, 0.717) is 17.3 Å². The Bertz CT molecular complexity index is 1430. The number of halogens is 1. The highest BCUT2D eigenvalue weighted by atomic mass is 32.2. The minimum atomic E-state index is -4.16. The Kier molecular flexibility index (Phi) is 8.55. The highest BCUT2D eigenvalue weighted by molar-refractivity contribution is 7.89. The van der Waals surface area contributed by atoms with Crippen LogP contribution in [-0.4, -0.2) is 37.2 Å². The average molecular weight is 535 g/mol. The van der Waals surface area contributed by atoms with Crippen molar-refractivity contribution in [3.8, 4) is 6.07 Å². The lowest BCUT2D eigenvalue weighted by Gasteiger charge is -2.26. The van der Waals surface area contributed by atoms with Gasteiger partial charge in [-0.2, -0.15) is 9.57 Å². The molecule has 3 aromatic rings.